The monoisotopic (exact) mass is 276 g/mol. The van der Waals surface area contributed by atoms with E-state index in [4.69, 9.17) is 10.00 Å². The molecule has 0 radical (unpaired) electrons. The number of ether oxygens (including phenoxy) is 1. The van der Waals surface area contributed by atoms with Crippen LogP contribution in [0.3, 0.4) is 0 Å². The smallest absolute Gasteiger partial charge is 0.185 e. The van der Waals surface area contributed by atoms with Gasteiger partial charge in [0.15, 0.2) is 5.69 Å². The number of hydrogen-bond acceptors (Lipinski definition) is 4. The van der Waals surface area contributed by atoms with E-state index in [1.165, 1.54) is 0 Å². The van der Waals surface area contributed by atoms with Crippen LogP contribution in [0.1, 0.15) is 17.0 Å². The normalized spacial score (nSPS) is 10.0. The molecule has 0 atom stereocenters. The molecule has 5 nitrogen and oxygen atoms in total. The summed E-state index contributed by atoms with van der Waals surface area (Å²) in [6.45, 7) is 0. The molecule has 2 aromatic carbocycles. The van der Waals surface area contributed by atoms with Crippen LogP contribution in [-0.4, -0.2) is 15.4 Å². The molecule has 0 unspecified atom stereocenters. The lowest BCUT2D eigenvalue weighted by Crippen LogP contribution is -1.92. The minimum atomic E-state index is 0.333. The maximum atomic E-state index is 8.90. The van der Waals surface area contributed by atoms with Gasteiger partial charge in [0.05, 0.1) is 0 Å². The second-order valence-corrected chi connectivity index (χ2v) is 4.47. The first-order chi connectivity index (χ1) is 10.3. The number of nitrogens with one attached hydrogen (secondary N) is 1. The lowest BCUT2D eigenvalue weighted by molar-refractivity contribution is 0.482. The molecular formula is C16H12N4O. The number of benzene rings is 2. The van der Waals surface area contributed by atoms with Crippen molar-refractivity contribution in [2.75, 3.05) is 0 Å². The van der Waals surface area contributed by atoms with Crippen molar-refractivity contribution < 1.29 is 4.74 Å². The average molecular weight is 276 g/mol. The van der Waals surface area contributed by atoms with Crippen LogP contribution in [0.2, 0.25) is 0 Å². The van der Waals surface area contributed by atoms with Gasteiger partial charge in [-0.1, -0.05) is 30.3 Å². The highest BCUT2D eigenvalue weighted by atomic mass is 16.5. The van der Waals surface area contributed by atoms with Gasteiger partial charge in [0.25, 0.3) is 0 Å². The number of rotatable bonds is 4. The number of nitrogens with zero attached hydrogens (tertiary/aromatic N) is 3. The summed E-state index contributed by atoms with van der Waals surface area (Å²) in [5.41, 5.74) is 2.02. The minimum absolute atomic E-state index is 0.333. The summed E-state index contributed by atoms with van der Waals surface area (Å²) in [6.07, 6.45) is 0.561. The molecule has 21 heavy (non-hydrogen) atoms. The van der Waals surface area contributed by atoms with Crippen LogP contribution in [0.4, 0.5) is 0 Å². The predicted molar refractivity (Wildman–Crippen MR) is 76.9 cm³/mol. The summed E-state index contributed by atoms with van der Waals surface area (Å²) in [5.74, 6) is 1.57. The second kappa shape index (κ2) is 5.88. The van der Waals surface area contributed by atoms with Gasteiger partial charge in [0, 0.05) is 6.42 Å². The topological polar surface area (TPSA) is 74.6 Å². The SMILES string of the molecule is N#Cc1n[nH]nc1Cc1ccc(Oc2ccccc2)cc1. The summed E-state index contributed by atoms with van der Waals surface area (Å²) in [6, 6.07) is 19.3. The van der Waals surface area contributed by atoms with Crippen LogP contribution in [0.25, 0.3) is 0 Å². The first kappa shape index (κ1) is 12.9. The predicted octanol–water partition coefficient (Wildman–Crippen LogP) is 3.06. The molecule has 0 bridgehead atoms. The molecule has 0 aliphatic carbocycles. The highest BCUT2D eigenvalue weighted by Gasteiger charge is 2.07. The molecule has 5 heteroatoms. The summed E-state index contributed by atoms with van der Waals surface area (Å²) in [5, 5.41) is 19.1. The van der Waals surface area contributed by atoms with Gasteiger partial charge >= 0.3 is 0 Å². The van der Waals surface area contributed by atoms with E-state index < -0.39 is 0 Å². The number of aromatic amines is 1. The van der Waals surface area contributed by atoms with Crippen molar-refractivity contribution in [1.82, 2.24) is 15.4 Å². The fourth-order valence-electron chi connectivity index (χ4n) is 1.96. The number of H-pyrrole nitrogens is 1. The Morgan fingerprint density at radius 1 is 0.952 bits per heavy atom. The summed E-state index contributed by atoms with van der Waals surface area (Å²) in [4.78, 5) is 0. The van der Waals surface area contributed by atoms with E-state index in [-0.39, 0.29) is 0 Å². The highest BCUT2D eigenvalue weighted by Crippen LogP contribution is 2.21. The van der Waals surface area contributed by atoms with Crippen LogP contribution in [0.15, 0.2) is 54.6 Å². The Balaban J connectivity index is 1.71. The lowest BCUT2D eigenvalue weighted by Gasteiger charge is -2.06. The van der Waals surface area contributed by atoms with Crippen molar-refractivity contribution in [2.45, 2.75) is 6.42 Å². The molecule has 3 rings (SSSR count). The number of para-hydroxylation sites is 1. The van der Waals surface area contributed by atoms with Gasteiger partial charge in [-0.3, -0.25) is 0 Å². The molecule has 0 saturated heterocycles. The number of nitriles is 1. The molecule has 0 spiro atoms. The zero-order valence-electron chi connectivity index (χ0n) is 11.2. The molecule has 1 aromatic heterocycles. The van der Waals surface area contributed by atoms with E-state index in [2.05, 4.69) is 15.4 Å². The fraction of sp³-hybridized carbons (Fsp3) is 0.0625. The standard InChI is InChI=1S/C16H12N4O/c17-11-16-15(18-20-19-16)10-12-6-8-14(9-7-12)21-13-4-2-1-3-5-13/h1-9H,10H2,(H,18,19,20). The van der Waals surface area contributed by atoms with Crippen molar-refractivity contribution in [3.05, 3.63) is 71.5 Å². The molecule has 0 aliphatic rings. The Morgan fingerprint density at radius 3 is 2.38 bits per heavy atom. The van der Waals surface area contributed by atoms with E-state index in [0.717, 1.165) is 17.1 Å². The maximum Gasteiger partial charge on any atom is 0.185 e. The Bertz CT molecular complexity index is 757. The third-order valence-corrected chi connectivity index (χ3v) is 3.00. The van der Waals surface area contributed by atoms with E-state index in [1.807, 2.05) is 60.7 Å². The quantitative estimate of drug-likeness (QED) is 0.794. The van der Waals surface area contributed by atoms with E-state index >= 15 is 0 Å². The van der Waals surface area contributed by atoms with Crippen molar-refractivity contribution in [3.8, 4) is 17.6 Å². The van der Waals surface area contributed by atoms with Gasteiger partial charge in [0.1, 0.15) is 23.3 Å². The molecule has 0 fully saturated rings. The van der Waals surface area contributed by atoms with Crippen LogP contribution >= 0.6 is 0 Å². The first-order valence-electron chi connectivity index (χ1n) is 6.47. The Labute approximate surface area is 121 Å². The van der Waals surface area contributed by atoms with Crippen molar-refractivity contribution >= 4 is 0 Å². The van der Waals surface area contributed by atoms with Gasteiger partial charge in [-0.25, -0.2) is 0 Å². The third-order valence-electron chi connectivity index (χ3n) is 3.00. The van der Waals surface area contributed by atoms with Crippen molar-refractivity contribution in [2.24, 2.45) is 0 Å². The molecule has 1 N–H and O–H groups in total. The molecule has 0 amide bonds. The Hall–Kier alpha value is -3.13. The minimum Gasteiger partial charge on any atom is -0.457 e. The van der Waals surface area contributed by atoms with Gasteiger partial charge in [-0.2, -0.15) is 15.6 Å². The fourth-order valence-corrected chi connectivity index (χ4v) is 1.96. The molecule has 0 saturated carbocycles. The van der Waals surface area contributed by atoms with Crippen LogP contribution in [-0.2, 0) is 6.42 Å². The second-order valence-electron chi connectivity index (χ2n) is 4.47. The highest BCUT2D eigenvalue weighted by molar-refractivity contribution is 5.35. The van der Waals surface area contributed by atoms with E-state index in [9.17, 15) is 0 Å². The molecule has 3 aromatic rings. The van der Waals surface area contributed by atoms with E-state index in [1.54, 1.807) is 0 Å². The van der Waals surface area contributed by atoms with Gasteiger partial charge in [-0.15, -0.1) is 5.10 Å². The average Bonchev–Trinajstić information content (AvgIpc) is 2.97. The lowest BCUT2D eigenvalue weighted by atomic mass is 10.1. The Kier molecular flexibility index (Phi) is 3.61. The van der Waals surface area contributed by atoms with Gasteiger partial charge in [-0.05, 0) is 29.8 Å². The van der Waals surface area contributed by atoms with Crippen LogP contribution < -0.4 is 4.74 Å². The number of hydrogen-bond donors (Lipinski definition) is 1. The van der Waals surface area contributed by atoms with Crippen LogP contribution in [0.5, 0.6) is 11.5 Å². The first-order valence-corrected chi connectivity index (χ1v) is 6.47. The van der Waals surface area contributed by atoms with Crippen LogP contribution in [0, 0.1) is 11.3 Å². The number of aromatic nitrogens is 3. The van der Waals surface area contributed by atoms with E-state index in [0.29, 0.717) is 17.8 Å². The van der Waals surface area contributed by atoms with Crippen molar-refractivity contribution in [1.29, 1.82) is 5.26 Å². The molecule has 102 valence electrons. The molecule has 1 heterocycles. The largest absolute Gasteiger partial charge is 0.457 e. The summed E-state index contributed by atoms with van der Waals surface area (Å²) in [7, 11) is 0. The van der Waals surface area contributed by atoms with Gasteiger partial charge in [0.2, 0.25) is 0 Å². The summed E-state index contributed by atoms with van der Waals surface area (Å²) < 4.78 is 5.73. The zero-order valence-corrected chi connectivity index (χ0v) is 11.2. The summed E-state index contributed by atoms with van der Waals surface area (Å²) >= 11 is 0. The zero-order chi connectivity index (χ0) is 14.5. The molecular weight excluding hydrogens is 264 g/mol. The van der Waals surface area contributed by atoms with Gasteiger partial charge < -0.3 is 4.74 Å². The Morgan fingerprint density at radius 2 is 1.67 bits per heavy atom. The maximum absolute atomic E-state index is 8.90. The third kappa shape index (κ3) is 3.07. The molecule has 0 aliphatic heterocycles. The van der Waals surface area contributed by atoms with Crippen molar-refractivity contribution in [3.63, 3.8) is 0 Å².